The molecule has 0 heterocycles. The van der Waals surface area contributed by atoms with Gasteiger partial charge in [-0.3, -0.25) is 18.6 Å². The van der Waals surface area contributed by atoms with Gasteiger partial charge in [0.2, 0.25) is 0 Å². The zero-order valence-electron chi connectivity index (χ0n) is 49.7. The Hall–Kier alpha value is -2.29. The van der Waals surface area contributed by atoms with Crippen LogP contribution in [-0.4, -0.2) is 49.3 Å². The molecule has 0 saturated carbocycles. The molecule has 0 aliphatic heterocycles. The highest BCUT2D eigenvalue weighted by Gasteiger charge is 2.26. The van der Waals surface area contributed by atoms with Crippen molar-refractivity contribution < 1.29 is 37.6 Å². The quantitative estimate of drug-likeness (QED) is 0.0264. The van der Waals surface area contributed by atoms with Gasteiger partial charge in [-0.15, -0.1) is 0 Å². The summed E-state index contributed by atoms with van der Waals surface area (Å²) in [7, 11) is -4.39. The summed E-state index contributed by atoms with van der Waals surface area (Å²) in [6.07, 6.45) is 79.0. The predicted molar refractivity (Wildman–Crippen MR) is 326 cm³/mol. The number of hydrogen-bond acceptors (Lipinski definition) is 8. The van der Waals surface area contributed by atoms with Crippen LogP contribution < -0.4 is 5.73 Å². The second kappa shape index (κ2) is 61.9. The van der Waals surface area contributed by atoms with Crippen molar-refractivity contribution in [2.75, 3.05) is 26.4 Å². The maximum Gasteiger partial charge on any atom is 0.472 e. The van der Waals surface area contributed by atoms with Crippen molar-refractivity contribution in [3.63, 3.8) is 0 Å². The Kier molecular flexibility index (Phi) is 60.0. The van der Waals surface area contributed by atoms with Crippen LogP contribution in [0.3, 0.4) is 0 Å². The Balaban J connectivity index is 3.72. The largest absolute Gasteiger partial charge is 0.472 e. The first-order valence-electron chi connectivity index (χ1n) is 32.3. The molecule has 2 atom stereocenters. The number of phosphoric acid groups is 1. The van der Waals surface area contributed by atoms with E-state index in [2.05, 4.69) is 74.6 Å². The number of esters is 2. The van der Waals surface area contributed by atoms with Crippen LogP contribution in [0.15, 0.2) is 60.8 Å². The third-order valence-electron chi connectivity index (χ3n) is 14.1. The second-order valence-corrected chi connectivity index (χ2v) is 23.1. The molecule has 0 rings (SSSR count). The zero-order chi connectivity index (χ0) is 55.2. The smallest absolute Gasteiger partial charge is 0.462 e. The summed E-state index contributed by atoms with van der Waals surface area (Å²) in [6.45, 7) is 3.65. The summed E-state index contributed by atoms with van der Waals surface area (Å²) in [4.78, 5) is 35.1. The molecule has 10 heteroatoms. The first-order chi connectivity index (χ1) is 37.3. The van der Waals surface area contributed by atoms with E-state index in [1.807, 2.05) is 0 Å². The number of carbonyl (C=O) groups excluding carboxylic acids is 2. The highest BCUT2D eigenvalue weighted by atomic mass is 31.2. The number of carbonyl (C=O) groups is 2. The minimum Gasteiger partial charge on any atom is -0.462 e. The van der Waals surface area contributed by atoms with E-state index in [9.17, 15) is 19.0 Å². The van der Waals surface area contributed by atoms with Crippen molar-refractivity contribution in [2.45, 2.75) is 322 Å². The lowest BCUT2D eigenvalue weighted by Crippen LogP contribution is -2.29. The van der Waals surface area contributed by atoms with Crippen molar-refractivity contribution in [1.29, 1.82) is 0 Å². The van der Waals surface area contributed by atoms with E-state index >= 15 is 0 Å². The van der Waals surface area contributed by atoms with E-state index in [-0.39, 0.29) is 38.6 Å². The number of ether oxygens (including phenoxy) is 2. The Labute approximate surface area is 469 Å². The molecule has 0 saturated heterocycles. The number of unbranched alkanes of at least 4 members (excludes halogenated alkanes) is 38. The first kappa shape index (κ1) is 73.7. The van der Waals surface area contributed by atoms with Gasteiger partial charge in [0.25, 0.3) is 0 Å². The van der Waals surface area contributed by atoms with Gasteiger partial charge < -0.3 is 20.1 Å². The first-order valence-corrected chi connectivity index (χ1v) is 33.8. The van der Waals surface area contributed by atoms with Gasteiger partial charge in [-0.05, 0) is 77.0 Å². The number of nitrogens with two attached hydrogens (primary N) is 1. The van der Waals surface area contributed by atoms with Gasteiger partial charge in [0.15, 0.2) is 6.10 Å². The highest BCUT2D eigenvalue weighted by Crippen LogP contribution is 2.43. The van der Waals surface area contributed by atoms with E-state index in [1.54, 1.807) is 0 Å². The van der Waals surface area contributed by atoms with Gasteiger partial charge in [-0.25, -0.2) is 4.57 Å². The van der Waals surface area contributed by atoms with Crippen LogP contribution in [0.1, 0.15) is 316 Å². The van der Waals surface area contributed by atoms with Gasteiger partial charge in [0.1, 0.15) is 6.61 Å². The molecule has 0 amide bonds. The van der Waals surface area contributed by atoms with Crippen LogP contribution in [0.4, 0.5) is 0 Å². The molecule has 9 nitrogen and oxygen atoms in total. The predicted octanol–water partition coefficient (Wildman–Crippen LogP) is 20.7. The van der Waals surface area contributed by atoms with E-state index < -0.39 is 26.5 Å². The Morgan fingerprint density at radius 1 is 0.408 bits per heavy atom. The average molecular weight is 1090 g/mol. The van der Waals surface area contributed by atoms with Crippen LogP contribution in [0.2, 0.25) is 0 Å². The monoisotopic (exact) mass is 1090 g/mol. The van der Waals surface area contributed by atoms with Crippen molar-refractivity contribution in [2.24, 2.45) is 5.73 Å². The van der Waals surface area contributed by atoms with Gasteiger partial charge in [-0.2, -0.15) is 0 Å². The van der Waals surface area contributed by atoms with Crippen molar-refractivity contribution in [3.05, 3.63) is 60.8 Å². The third-order valence-corrected chi connectivity index (χ3v) is 15.1. The van der Waals surface area contributed by atoms with Crippen LogP contribution >= 0.6 is 7.82 Å². The molecule has 0 bridgehead atoms. The fourth-order valence-electron chi connectivity index (χ4n) is 9.39. The Bertz CT molecular complexity index is 1430. The maximum absolute atomic E-state index is 12.7. The number of rotatable bonds is 61. The minimum absolute atomic E-state index is 0.0536. The maximum atomic E-state index is 12.7. The fraction of sp³-hybridized carbons (Fsp3) is 0.818. The summed E-state index contributed by atoms with van der Waals surface area (Å²) in [5.74, 6) is -0.824. The minimum atomic E-state index is -4.39. The van der Waals surface area contributed by atoms with E-state index in [0.29, 0.717) is 6.42 Å². The lowest BCUT2D eigenvalue weighted by molar-refractivity contribution is -0.161. The average Bonchev–Trinajstić information content (AvgIpc) is 3.41. The molecule has 0 aliphatic carbocycles. The fourth-order valence-corrected chi connectivity index (χ4v) is 10.2. The van der Waals surface area contributed by atoms with Gasteiger partial charge in [0.05, 0.1) is 13.2 Å². The summed E-state index contributed by atoms with van der Waals surface area (Å²) in [5, 5.41) is 0. The molecule has 0 aromatic rings. The van der Waals surface area contributed by atoms with Crippen molar-refractivity contribution in [3.8, 4) is 0 Å². The van der Waals surface area contributed by atoms with Crippen LogP contribution in [0.5, 0.6) is 0 Å². The third kappa shape index (κ3) is 60.9. The number of hydrogen-bond donors (Lipinski definition) is 2. The van der Waals surface area contributed by atoms with Gasteiger partial charge in [-0.1, -0.05) is 286 Å². The van der Waals surface area contributed by atoms with Crippen LogP contribution in [0.25, 0.3) is 0 Å². The van der Waals surface area contributed by atoms with Crippen molar-refractivity contribution >= 4 is 19.8 Å². The molecule has 76 heavy (non-hydrogen) atoms. The molecule has 0 aromatic carbocycles. The molecule has 0 fully saturated rings. The Morgan fingerprint density at radius 2 is 0.724 bits per heavy atom. The molecule has 0 aliphatic rings. The lowest BCUT2D eigenvalue weighted by Gasteiger charge is -2.19. The van der Waals surface area contributed by atoms with Crippen LogP contribution in [-0.2, 0) is 32.7 Å². The summed E-state index contributed by atoms with van der Waals surface area (Å²) in [5.41, 5.74) is 5.38. The highest BCUT2D eigenvalue weighted by molar-refractivity contribution is 7.47. The molecular formula is C66H122NO8P. The van der Waals surface area contributed by atoms with Crippen molar-refractivity contribution in [1.82, 2.24) is 0 Å². The molecule has 0 spiro atoms. The lowest BCUT2D eigenvalue weighted by atomic mass is 10.0. The molecule has 0 aromatic heterocycles. The molecule has 0 radical (unpaired) electrons. The topological polar surface area (TPSA) is 134 Å². The molecule has 444 valence electrons. The summed E-state index contributed by atoms with van der Waals surface area (Å²) in [6, 6.07) is 0. The summed E-state index contributed by atoms with van der Waals surface area (Å²) < 4.78 is 33.0. The molecule has 3 N–H and O–H groups in total. The van der Waals surface area contributed by atoms with E-state index in [1.165, 1.54) is 205 Å². The van der Waals surface area contributed by atoms with Gasteiger partial charge in [0, 0.05) is 19.4 Å². The van der Waals surface area contributed by atoms with E-state index in [4.69, 9.17) is 24.3 Å². The van der Waals surface area contributed by atoms with Crippen LogP contribution in [0, 0.1) is 0 Å². The number of allylic oxidation sites excluding steroid dienone is 10. The second-order valence-electron chi connectivity index (χ2n) is 21.6. The molecular weight excluding hydrogens is 966 g/mol. The number of phosphoric ester groups is 1. The molecule has 2 unspecified atom stereocenters. The SMILES string of the molecule is CC/C=C\C/C=C\C/C=C\C/C=C\CCCCCCCCCCCCCCCCCCCCCCCCCCCCCCC(=O)OC(COC(=O)CCCCCCC/C=C\CCCCCCC)COP(=O)(O)OCCN. The summed E-state index contributed by atoms with van der Waals surface area (Å²) >= 11 is 0. The normalized spacial score (nSPS) is 13.4. The Morgan fingerprint density at radius 3 is 1.09 bits per heavy atom. The standard InChI is InChI=1S/C66H122NO8P/c1-3-5-7-9-11-13-15-17-19-20-21-22-23-24-25-26-27-28-29-30-31-32-33-34-35-36-37-38-39-40-41-42-43-44-45-47-49-51-53-55-57-59-66(69)75-64(63-74-76(70,71)73-61-60-67)62-72-65(68)58-56-54-52-50-48-46-18-16-14-12-10-8-6-4-2/h5,7,11,13,16-19,21-22,64H,3-4,6,8-10,12,14-15,20,23-63,67H2,1-2H3,(H,70,71)/b7-5-,13-11-,18-16-,19-17-,22-21-. The zero-order valence-corrected chi connectivity index (χ0v) is 50.6. The van der Waals surface area contributed by atoms with Gasteiger partial charge >= 0.3 is 19.8 Å². The van der Waals surface area contributed by atoms with E-state index in [0.717, 1.165) is 77.0 Å².